The third-order valence-electron chi connectivity index (χ3n) is 1.92. The Morgan fingerprint density at radius 2 is 1.94 bits per heavy atom. The van der Waals surface area contributed by atoms with Crippen LogP contribution in [0.15, 0.2) is 0 Å². The molecular formula is C13H29NO2. The molecule has 0 saturated carbocycles. The molecule has 0 aromatic rings. The summed E-state index contributed by atoms with van der Waals surface area (Å²) >= 11 is 0. The van der Waals surface area contributed by atoms with E-state index >= 15 is 0 Å². The molecule has 0 aliphatic carbocycles. The molecule has 0 radical (unpaired) electrons. The Hall–Kier alpha value is -0.410. The molecule has 0 aliphatic rings. The molecule has 0 saturated heterocycles. The molecule has 98 valence electrons. The molecular weight excluding hydrogens is 202 g/mol. The molecule has 0 rings (SSSR count). The van der Waals surface area contributed by atoms with Gasteiger partial charge in [-0.2, -0.15) is 0 Å². The fourth-order valence-electron chi connectivity index (χ4n) is 1.08. The minimum Gasteiger partial charge on any atom is -0.374 e. The monoisotopic (exact) mass is 231 g/mol. The van der Waals surface area contributed by atoms with Crippen LogP contribution in [0.2, 0.25) is 0 Å². The minimum atomic E-state index is 0.234. The lowest BCUT2D eigenvalue weighted by molar-refractivity contribution is -0.112. The van der Waals surface area contributed by atoms with Crippen LogP contribution in [0.1, 0.15) is 46.5 Å². The Balaban J connectivity index is 0. The number of ether oxygens (including phenoxy) is 1. The number of hydrogen-bond acceptors (Lipinski definition) is 3. The van der Waals surface area contributed by atoms with E-state index in [1.165, 1.54) is 32.2 Å². The van der Waals surface area contributed by atoms with E-state index in [4.69, 9.17) is 4.74 Å². The van der Waals surface area contributed by atoms with Gasteiger partial charge in [-0.3, -0.25) is 0 Å². The molecule has 0 fully saturated rings. The maximum Gasteiger partial charge on any atom is 0.145 e. The third kappa shape index (κ3) is 23.4. The molecule has 0 bridgehead atoms. The molecule has 3 nitrogen and oxygen atoms in total. The highest BCUT2D eigenvalue weighted by atomic mass is 16.5. The van der Waals surface area contributed by atoms with E-state index in [0.29, 0.717) is 12.5 Å². The van der Waals surface area contributed by atoms with Gasteiger partial charge >= 0.3 is 0 Å². The number of aldehydes is 1. The number of unbranched alkanes of at least 4 members (excludes halogenated alkanes) is 3. The largest absolute Gasteiger partial charge is 0.374 e. The minimum absolute atomic E-state index is 0.234. The van der Waals surface area contributed by atoms with Crippen LogP contribution in [0.4, 0.5) is 0 Å². The first-order valence-electron chi connectivity index (χ1n) is 6.34. The van der Waals surface area contributed by atoms with Crippen molar-refractivity contribution in [2.75, 3.05) is 26.8 Å². The fourth-order valence-corrected chi connectivity index (χ4v) is 1.08. The number of hydrogen-bond donors (Lipinski definition) is 1. The van der Waals surface area contributed by atoms with E-state index in [-0.39, 0.29) is 6.61 Å². The summed E-state index contributed by atoms with van der Waals surface area (Å²) in [5.41, 5.74) is 0. The van der Waals surface area contributed by atoms with E-state index in [1.54, 1.807) is 0 Å². The first-order valence-corrected chi connectivity index (χ1v) is 6.34. The van der Waals surface area contributed by atoms with Crippen molar-refractivity contribution in [3.8, 4) is 0 Å². The Morgan fingerprint density at radius 3 is 2.38 bits per heavy atom. The SMILES string of the molecule is CC(C)COCC=O.CCCCCCNC. The van der Waals surface area contributed by atoms with E-state index in [1.807, 2.05) is 20.9 Å². The zero-order valence-corrected chi connectivity index (χ0v) is 11.4. The molecule has 0 spiro atoms. The van der Waals surface area contributed by atoms with Gasteiger partial charge in [0.05, 0.1) is 0 Å². The van der Waals surface area contributed by atoms with E-state index in [9.17, 15) is 4.79 Å². The Labute approximate surface area is 101 Å². The normalized spacial score (nSPS) is 9.81. The van der Waals surface area contributed by atoms with Gasteiger partial charge in [0.25, 0.3) is 0 Å². The lowest BCUT2D eigenvalue weighted by atomic mass is 10.2. The van der Waals surface area contributed by atoms with E-state index < -0.39 is 0 Å². The van der Waals surface area contributed by atoms with Gasteiger partial charge in [-0.15, -0.1) is 0 Å². The van der Waals surface area contributed by atoms with Gasteiger partial charge in [-0.05, 0) is 25.9 Å². The van der Waals surface area contributed by atoms with Crippen LogP contribution < -0.4 is 5.32 Å². The van der Waals surface area contributed by atoms with Gasteiger partial charge in [0.15, 0.2) is 0 Å². The first kappa shape index (κ1) is 18.0. The molecule has 3 heteroatoms. The summed E-state index contributed by atoms with van der Waals surface area (Å²) < 4.78 is 4.88. The van der Waals surface area contributed by atoms with E-state index in [2.05, 4.69) is 12.2 Å². The lowest BCUT2D eigenvalue weighted by Crippen LogP contribution is -2.06. The van der Waals surface area contributed by atoms with Crippen LogP contribution in [0.3, 0.4) is 0 Å². The average Bonchev–Trinajstić information content (AvgIpc) is 2.25. The topological polar surface area (TPSA) is 38.3 Å². The highest BCUT2D eigenvalue weighted by Crippen LogP contribution is 1.96. The number of nitrogens with one attached hydrogen (secondary N) is 1. The van der Waals surface area contributed by atoms with Crippen molar-refractivity contribution in [1.29, 1.82) is 0 Å². The van der Waals surface area contributed by atoms with Crippen LogP contribution in [-0.2, 0) is 9.53 Å². The van der Waals surface area contributed by atoms with Crippen LogP contribution >= 0.6 is 0 Å². The van der Waals surface area contributed by atoms with Crippen molar-refractivity contribution in [2.24, 2.45) is 5.92 Å². The zero-order chi connectivity index (χ0) is 12.6. The van der Waals surface area contributed by atoms with Gasteiger partial charge < -0.3 is 14.8 Å². The quantitative estimate of drug-likeness (QED) is 0.490. The summed E-state index contributed by atoms with van der Waals surface area (Å²) in [5, 5.41) is 3.13. The van der Waals surface area contributed by atoms with Gasteiger partial charge in [0.1, 0.15) is 12.9 Å². The molecule has 0 aliphatic heterocycles. The smallest absolute Gasteiger partial charge is 0.145 e. The van der Waals surface area contributed by atoms with Crippen molar-refractivity contribution < 1.29 is 9.53 Å². The van der Waals surface area contributed by atoms with Crippen molar-refractivity contribution in [1.82, 2.24) is 5.32 Å². The molecule has 0 heterocycles. The predicted octanol–water partition coefficient (Wildman–Crippen LogP) is 2.64. The molecule has 0 aromatic carbocycles. The Bertz CT molecular complexity index is 121. The summed E-state index contributed by atoms with van der Waals surface area (Å²) in [6.45, 7) is 8.42. The fraction of sp³-hybridized carbons (Fsp3) is 0.923. The maximum absolute atomic E-state index is 9.66. The summed E-state index contributed by atoms with van der Waals surface area (Å²) in [7, 11) is 2.01. The maximum atomic E-state index is 9.66. The summed E-state index contributed by atoms with van der Waals surface area (Å²) in [5.74, 6) is 0.523. The van der Waals surface area contributed by atoms with Gasteiger partial charge in [-0.25, -0.2) is 0 Å². The predicted molar refractivity (Wildman–Crippen MR) is 69.8 cm³/mol. The second-order valence-corrected chi connectivity index (χ2v) is 4.26. The highest BCUT2D eigenvalue weighted by molar-refractivity contribution is 5.50. The van der Waals surface area contributed by atoms with Gasteiger partial charge in [0.2, 0.25) is 0 Å². The van der Waals surface area contributed by atoms with Crippen LogP contribution in [-0.4, -0.2) is 33.1 Å². The summed E-state index contributed by atoms with van der Waals surface area (Å²) in [6.07, 6.45) is 6.22. The molecule has 0 unspecified atom stereocenters. The van der Waals surface area contributed by atoms with Crippen molar-refractivity contribution in [3.05, 3.63) is 0 Å². The molecule has 16 heavy (non-hydrogen) atoms. The lowest BCUT2D eigenvalue weighted by Gasteiger charge is -2.00. The number of carbonyl (C=O) groups is 1. The Morgan fingerprint density at radius 1 is 1.25 bits per heavy atom. The summed E-state index contributed by atoms with van der Waals surface area (Å²) in [6, 6.07) is 0. The van der Waals surface area contributed by atoms with Crippen LogP contribution in [0.5, 0.6) is 0 Å². The molecule has 1 N–H and O–H groups in total. The molecule has 0 aromatic heterocycles. The van der Waals surface area contributed by atoms with E-state index in [0.717, 1.165) is 6.29 Å². The van der Waals surface area contributed by atoms with Crippen molar-refractivity contribution >= 4 is 6.29 Å². The molecule has 0 atom stereocenters. The van der Waals surface area contributed by atoms with Crippen molar-refractivity contribution in [3.63, 3.8) is 0 Å². The second-order valence-electron chi connectivity index (χ2n) is 4.26. The second kappa shape index (κ2) is 17.0. The van der Waals surface area contributed by atoms with Gasteiger partial charge in [-0.1, -0.05) is 40.0 Å². The standard InChI is InChI=1S/C7H17N.C6H12O2/c1-3-4-5-6-7-8-2;1-6(2)5-8-4-3-7/h8H,3-7H2,1-2H3;3,6H,4-5H2,1-2H3. The average molecular weight is 231 g/mol. The summed E-state index contributed by atoms with van der Waals surface area (Å²) in [4.78, 5) is 9.66. The Kier molecular flexibility index (Phi) is 19.1. The third-order valence-corrected chi connectivity index (χ3v) is 1.92. The zero-order valence-electron chi connectivity index (χ0n) is 11.4. The van der Waals surface area contributed by atoms with Crippen LogP contribution in [0, 0.1) is 5.92 Å². The highest BCUT2D eigenvalue weighted by Gasteiger charge is 1.90. The number of carbonyl (C=O) groups excluding carboxylic acids is 1. The molecule has 0 amide bonds. The van der Waals surface area contributed by atoms with Crippen molar-refractivity contribution in [2.45, 2.75) is 46.5 Å². The number of rotatable bonds is 9. The van der Waals surface area contributed by atoms with Gasteiger partial charge in [0, 0.05) is 6.61 Å². The van der Waals surface area contributed by atoms with Crippen LogP contribution in [0.25, 0.3) is 0 Å². The first-order chi connectivity index (χ1) is 7.68.